The van der Waals surface area contributed by atoms with Crippen LogP contribution in [0.25, 0.3) is 0 Å². The maximum atomic E-state index is 13.0. The molecule has 0 saturated heterocycles. The number of primary amides is 1. The number of nitrogens with two attached hydrogens (primary N) is 1. The van der Waals surface area contributed by atoms with Gasteiger partial charge in [0, 0.05) is 11.9 Å². The van der Waals surface area contributed by atoms with Gasteiger partial charge in [0.05, 0.1) is 12.1 Å². The molecule has 0 aliphatic heterocycles. The van der Waals surface area contributed by atoms with Crippen LogP contribution in [0.5, 0.6) is 0 Å². The lowest BCUT2D eigenvalue weighted by Crippen LogP contribution is -2.28. The molecule has 21 heavy (non-hydrogen) atoms. The Labute approximate surface area is 124 Å². The van der Waals surface area contributed by atoms with Gasteiger partial charge in [-0.1, -0.05) is 12.1 Å². The van der Waals surface area contributed by atoms with E-state index >= 15 is 0 Å². The van der Waals surface area contributed by atoms with Crippen LogP contribution >= 0.6 is 11.3 Å². The molecular weight excluding hydrogens is 295 g/mol. The zero-order chi connectivity index (χ0) is 15.2. The Morgan fingerprint density at radius 1 is 1.43 bits per heavy atom. The lowest BCUT2D eigenvalue weighted by atomic mass is 10.2. The summed E-state index contributed by atoms with van der Waals surface area (Å²) in [4.78, 5) is 26.3. The second-order valence-electron chi connectivity index (χ2n) is 4.06. The van der Waals surface area contributed by atoms with Crippen LogP contribution in [0.4, 0.5) is 14.3 Å². The van der Waals surface area contributed by atoms with Crippen LogP contribution in [0.3, 0.4) is 0 Å². The Hall–Kier alpha value is -2.48. The third-order valence-corrected chi connectivity index (χ3v) is 3.15. The van der Waals surface area contributed by atoms with E-state index in [-0.39, 0.29) is 12.4 Å². The number of thiazole rings is 1. The summed E-state index contributed by atoms with van der Waals surface area (Å²) in [5, 5.41) is 7.01. The second-order valence-corrected chi connectivity index (χ2v) is 4.92. The molecule has 0 aliphatic carbocycles. The summed E-state index contributed by atoms with van der Waals surface area (Å²) in [5.74, 6) is -0.969. The van der Waals surface area contributed by atoms with Crippen LogP contribution in [0.15, 0.2) is 29.6 Å². The maximum Gasteiger partial charge on any atom is 0.321 e. The average molecular weight is 307 g/mol. The molecule has 0 spiro atoms. The van der Waals surface area contributed by atoms with Crippen molar-refractivity contribution in [3.63, 3.8) is 0 Å². The predicted octanol–water partition coefficient (Wildman–Crippen LogP) is 1.64. The molecule has 3 amide bonds. The minimum atomic E-state index is -0.609. The highest BCUT2D eigenvalue weighted by molar-refractivity contribution is 7.14. The van der Waals surface area contributed by atoms with Crippen LogP contribution in [-0.4, -0.2) is 16.9 Å². The van der Waals surface area contributed by atoms with Crippen molar-refractivity contribution in [3.05, 3.63) is 53.1 Å². The van der Waals surface area contributed by atoms with Gasteiger partial charge in [-0.15, -0.1) is 11.3 Å². The summed E-state index contributed by atoms with van der Waals surface area (Å²) >= 11 is 1.16. The Balaban J connectivity index is 1.84. The number of hydrogen-bond acceptors (Lipinski definition) is 4. The molecule has 0 fully saturated rings. The Kier molecular flexibility index (Phi) is 4.83. The number of benzene rings is 1. The molecule has 2 rings (SSSR count). The van der Waals surface area contributed by atoms with Crippen molar-refractivity contribution in [2.75, 3.05) is 5.32 Å². The number of halogens is 1. The molecule has 6 nitrogen and oxygen atoms in total. The van der Waals surface area contributed by atoms with Gasteiger partial charge in [0.15, 0.2) is 5.13 Å². The molecule has 0 unspecified atom stereocenters. The van der Waals surface area contributed by atoms with Gasteiger partial charge >= 0.3 is 6.03 Å². The van der Waals surface area contributed by atoms with Gasteiger partial charge in [0.2, 0.25) is 5.91 Å². The van der Waals surface area contributed by atoms with E-state index in [2.05, 4.69) is 15.6 Å². The average Bonchev–Trinajstić information content (AvgIpc) is 2.83. The first-order chi connectivity index (χ1) is 10.0. The number of anilines is 1. The smallest absolute Gasteiger partial charge is 0.321 e. The van der Waals surface area contributed by atoms with E-state index in [1.807, 2.05) is 0 Å². The Morgan fingerprint density at radius 2 is 2.24 bits per heavy atom. The highest BCUT2D eigenvalue weighted by Gasteiger charge is 2.08. The van der Waals surface area contributed by atoms with Crippen molar-refractivity contribution < 1.29 is 14.0 Å². The molecule has 1 radical (unpaired) electrons. The van der Waals surface area contributed by atoms with Crippen LogP contribution in [0.1, 0.15) is 11.3 Å². The number of urea groups is 1. The lowest BCUT2D eigenvalue weighted by Gasteiger charge is -2.05. The molecule has 0 atom stereocenters. The van der Waals surface area contributed by atoms with E-state index in [0.29, 0.717) is 16.4 Å². The Bertz CT molecular complexity index is 659. The fraction of sp³-hybridized carbons (Fsp3) is 0.0769. The SMILES string of the molecule is NC(=O)[CH]c1csc(NC(=O)NCc2cccc(F)c2)n1. The number of rotatable bonds is 5. The number of nitrogens with zero attached hydrogens (tertiary/aromatic N) is 1. The molecule has 0 bridgehead atoms. The minimum Gasteiger partial charge on any atom is -0.369 e. The molecule has 1 aromatic heterocycles. The minimum absolute atomic E-state index is 0.190. The summed E-state index contributed by atoms with van der Waals surface area (Å²) in [6, 6.07) is 5.46. The first-order valence-corrected chi connectivity index (χ1v) is 6.80. The molecule has 2 aromatic rings. The number of amides is 3. The number of carbonyl (C=O) groups excluding carboxylic acids is 2. The molecular formula is C13H12FN4O2S. The highest BCUT2D eigenvalue weighted by Crippen LogP contribution is 2.16. The monoisotopic (exact) mass is 307 g/mol. The van der Waals surface area contributed by atoms with Crippen LogP contribution in [0, 0.1) is 12.2 Å². The van der Waals surface area contributed by atoms with E-state index in [1.165, 1.54) is 12.1 Å². The number of hydrogen-bond donors (Lipinski definition) is 3. The van der Waals surface area contributed by atoms with E-state index in [9.17, 15) is 14.0 Å². The summed E-state index contributed by atoms with van der Waals surface area (Å²) in [7, 11) is 0. The van der Waals surface area contributed by atoms with Crippen molar-refractivity contribution in [1.82, 2.24) is 10.3 Å². The zero-order valence-electron chi connectivity index (χ0n) is 10.8. The van der Waals surface area contributed by atoms with Gasteiger partial charge in [-0.25, -0.2) is 14.2 Å². The summed E-state index contributed by atoms with van der Waals surface area (Å²) in [6.45, 7) is 0.190. The fourth-order valence-electron chi connectivity index (χ4n) is 1.53. The van der Waals surface area contributed by atoms with Crippen LogP contribution < -0.4 is 16.4 Å². The van der Waals surface area contributed by atoms with Gasteiger partial charge in [0.1, 0.15) is 5.82 Å². The van der Waals surface area contributed by atoms with Crippen molar-refractivity contribution in [2.45, 2.75) is 6.54 Å². The van der Waals surface area contributed by atoms with Crippen LogP contribution in [-0.2, 0) is 11.3 Å². The first-order valence-electron chi connectivity index (χ1n) is 5.92. The number of aromatic nitrogens is 1. The largest absolute Gasteiger partial charge is 0.369 e. The highest BCUT2D eigenvalue weighted by atomic mass is 32.1. The number of carbonyl (C=O) groups is 2. The van der Waals surface area contributed by atoms with Gasteiger partial charge < -0.3 is 11.1 Å². The summed E-state index contributed by atoms with van der Waals surface area (Å²) in [6.07, 6.45) is 1.16. The first kappa shape index (κ1) is 14.9. The lowest BCUT2D eigenvalue weighted by molar-refractivity contribution is -0.114. The van der Waals surface area contributed by atoms with Gasteiger partial charge in [-0.2, -0.15) is 0 Å². The molecule has 0 saturated carbocycles. The molecule has 109 valence electrons. The summed E-state index contributed by atoms with van der Waals surface area (Å²) < 4.78 is 13.0. The molecule has 1 aromatic carbocycles. The number of nitrogens with one attached hydrogen (secondary N) is 2. The van der Waals surface area contributed by atoms with E-state index < -0.39 is 11.9 Å². The van der Waals surface area contributed by atoms with Gasteiger partial charge in [-0.3, -0.25) is 10.1 Å². The van der Waals surface area contributed by atoms with Crippen LogP contribution in [0.2, 0.25) is 0 Å². The van der Waals surface area contributed by atoms with Crippen molar-refractivity contribution >= 4 is 28.4 Å². The van der Waals surface area contributed by atoms with Gasteiger partial charge in [0.25, 0.3) is 0 Å². The maximum absolute atomic E-state index is 13.0. The molecule has 8 heteroatoms. The normalized spacial score (nSPS) is 10.1. The standard InChI is InChI=1S/C13H12FN4O2S/c14-9-3-1-2-8(4-9)6-16-12(20)18-13-17-10(7-21-13)5-11(15)19/h1-5,7H,6H2,(H2,15,19)(H2,16,17,18,20). The molecule has 4 N–H and O–H groups in total. The Morgan fingerprint density at radius 3 is 2.95 bits per heavy atom. The second kappa shape index (κ2) is 6.80. The predicted molar refractivity (Wildman–Crippen MR) is 77.0 cm³/mol. The third-order valence-electron chi connectivity index (χ3n) is 2.37. The van der Waals surface area contributed by atoms with Crippen molar-refractivity contribution in [2.24, 2.45) is 5.73 Å². The van der Waals surface area contributed by atoms with Gasteiger partial charge in [-0.05, 0) is 17.7 Å². The van der Waals surface area contributed by atoms with E-state index in [0.717, 1.165) is 17.8 Å². The quantitative estimate of drug-likeness (QED) is 0.783. The van der Waals surface area contributed by atoms with E-state index in [4.69, 9.17) is 5.73 Å². The summed E-state index contributed by atoms with van der Waals surface area (Å²) in [5.41, 5.74) is 6.03. The zero-order valence-corrected chi connectivity index (χ0v) is 11.6. The third kappa shape index (κ3) is 4.84. The fourth-order valence-corrected chi connectivity index (χ4v) is 2.19. The van der Waals surface area contributed by atoms with Crippen molar-refractivity contribution in [3.8, 4) is 0 Å². The molecule has 0 aliphatic rings. The van der Waals surface area contributed by atoms with E-state index in [1.54, 1.807) is 17.5 Å². The topological polar surface area (TPSA) is 97.1 Å². The van der Waals surface area contributed by atoms with Crippen molar-refractivity contribution in [1.29, 1.82) is 0 Å². The molecule has 1 heterocycles.